The maximum Gasteiger partial charge on any atom is 0.254 e. The topological polar surface area (TPSA) is 40.6 Å². The average Bonchev–Trinajstić information content (AvgIpc) is 3.23. The minimum absolute atomic E-state index is 0.00745. The molecule has 2 saturated heterocycles. The van der Waals surface area contributed by atoms with Crippen LogP contribution in [0.25, 0.3) is 0 Å². The van der Waals surface area contributed by atoms with E-state index in [4.69, 9.17) is 0 Å². The number of piperidine rings is 1. The number of amides is 2. The molecule has 1 saturated carbocycles. The van der Waals surface area contributed by atoms with Gasteiger partial charge in [0, 0.05) is 25.2 Å². The molecule has 128 valence electrons. The van der Waals surface area contributed by atoms with E-state index >= 15 is 0 Å². The molecule has 3 fully saturated rings. The standard InChI is InChI=1S/C20H26N2O2/c23-19(15-7-2-1-3-8-15)22-12-5-4-11-18(22)20(24)21-13-16-9-6-10-17(16)14-21/h1-3,7-8,16-18H,4-6,9-14H2/t16-,17+,18-/m1/s1. The summed E-state index contributed by atoms with van der Waals surface area (Å²) in [6.07, 6.45) is 6.70. The molecule has 1 aliphatic carbocycles. The van der Waals surface area contributed by atoms with Gasteiger partial charge in [0.2, 0.25) is 5.91 Å². The predicted octanol–water partition coefficient (Wildman–Crippen LogP) is 2.94. The molecule has 0 bridgehead atoms. The van der Waals surface area contributed by atoms with Crippen molar-refractivity contribution in [3.8, 4) is 0 Å². The summed E-state index contributed by atoms with van der Waals surface area (Å²) in [4.78, 5) is 29.9. The number of carbonyl (C=O) groups is 2. The SMILES string of the molecule is O=C([C@H]1CCCCN1C(=O)c1ccccc1)N1C[C@H]2CCC[C@H]2C1. The van der Waals surface area contributed by atoms with Gasteiger partial charge in [0.15, 0.2) is 0 Å². The molecule has 2 aliphatic heterocycles. The summed E-state index contributed by atoms with van der Waals surface area (Å²) in [5.74, 6) is 1.60. The highest BCUT2D eigenvalue weighted by molar-refractivity contribution is 5.97. The second-order valence-electron chi connectivity index (χ2n) is 7.57. The number of hydrogen-bond acceptors (Lipinski definition) is 2. The van der Waals surface area contributed by atoms with E-state index in [9.17, 15) is 9.59 Å². The zero-order valence-electron chi connectivity index (χ0n) is 14.2. The highest BCUT2D eigenvalue weighted by atomic mass is 16.2. The van der Waals surface area contributed by atoms with Crippen LogP contribution in [0.2, 0.25) is 0 Å². The monoisotopic (exact) mass is 326 g/mol. The molecule has 0 spiro atoms. The van der Waals surface area contributed by atoms with E-state index in [2.05, 4.69) is 4.90 Å². The molecule has 3 aliphatic rings. The van der Waals surface area contributed by atoms with Gasteiger partial charge in [-0.3, -0.25) is 9.59 Å². The van der Waals surface area contributed by atoms with E-state index in [1.54, 1.807) is 0 Å². The lowest BCUT2D eigenvalue weighted by molar-refractivity contribution is -0.136. The Labute approximate surface area is 143 Å². The van der Waals surface area contributed by atoms with E-state index in [0.29, 0.717) is 23.9 Å². The maximum absolute atomic E-state index is 13.1. The molecule has 2 heterocycles. The van der Waals surface area contributed by atoms with E-state index in [-0.39, 0.29) is 17.9 Å². The average molecular weight is 326 g/mol. The number of fused-ring (bicyclic) bond motifs is 1. The molecular formula is C20H26N2O2. The van der Waals surface area contributed by atoms with E-state index < -0.39 is 0 Å². The van der Waals surface area contributed by atoms with Crippen LogP contribution >= 0.6 is 0 Å². The molecule has 4 rings (SSSR count). The predicted molar refractivity (Wildman–Crippen MR) is 92.5 cm³/mol. The normalized spacial score (nSPS) is 29.6. The van der Waals surface area contributed by atoms with Crippen molar-refractivity contribution in [3.63, 3.8) is 0 Å². The third-order valence-electron chi connectivity index (χ3n) is 6.11. The Bertz CT molecular complexity index is 603. The summed E-state index contributed by atoms with van der Waals surface area (Å²) in [5.41, 5.74) is 0.690. The van der Waals surface area contributed by atoms with Gasteiger partial charge in [-0.25, -0.2) is 0 Å². The van der Waals surface area contributed by atoms with Gasteiger partial charge in [0.05, 0.1) is 0 Å². The fraction of sp³-hybridized carbons (Fsp3) is 0.600. The first-order valence-corrected chi connectivity index (χ1v) is 9.39. The maximum atomic E-state index is 13.1. The quantitative estimate of drug-likeness (QED) is 0.838. The van der Waals surface area contributed by atoms with Crippen LogP contribution in [0.15, 0.2) is 30.3 Å². The number of carbonyl (C=O) groups excluding carboxylic acids is 2. The first-order chi connectivity index (χ1) is 11.7. The molecular weight excluding hydrogens is 300 g/mol. The van der Waals surface area contributed by atoms with Crippen LogP contribution in [-0.2, 0) is 4.79 Å². The zero-order chi connectivity index (χ0) is 16.5. The van der Waals surface area contributed by atoms with E-state index in [1.807, 2.05) is 35.2 Å². The van der Waals surface area contributed by atoms with Crippen LogP contribution in [0, 0.1) is 11.8 Å². The molecule has 2 amide bonds. The molecule has 0 aromatic heterocycles. The molecule has 4 nitrogen and oxygen atoms in total. The molecule has 1 aromatic carbocycles. The second kappa shape index (κ2) is 6.58. The lowest BCUT2D eigenvalue weighted by Crippen LogP contribution is -2.52. The Kier molecular flexibility index (Phi) is 4.30. The Balaban J connectivity index is 1.50. The first-order valence-electron chi connectivity index (χ1n) is 9.39. The van der Waals surface area contributed by atoms with Crippen LogP contribution in [0.3, 0.4) is 0 Å². The molecule has 1 aromatic rings. The minimum Gasteiger partial charge on any atom is -0.340 e. The van der Waals surface area contributed by atoms with Crippen molar-refractivity contribution in [1.82, 2.24) is 9.80 Å². The summed E-state index contributed by atoms with van der Waals surface area (Å²) >= 11 is 0. The van der Waals surface area contributed by atoms with Crippen LogP contribution in [0.4, 0.5) is 0 Å². The Morgan fingerprint density at radius 3 is 2.29 bits per heavy atom. The number of benzene rings is 1. The number of rotatable bonds is 2. The lowest BCUT2D eigenvalue weighted by Gasteiger charge is -2.37. The summed E-state index contributed by atoms with van der Waals surface area (Å²) < 4.78 is 0. The van der Waals surface area contributed by atoms with Crippen molar-refractivity contribution in [2.45, 2.75) is 44.6 Å². The smallest absolute Gasteiger partial charge is 0.254 e. The van der Waals surface area contributed by atoms with Gasteiger partial charge >= 0.3 is 0 Å². The van der Waals surface area contributed by atoms with Gasteiger partial charge in [-0.2, -0.15) is 0 Å². The van der Waals surface area contributed by atoms with Crippen molar-refractivity contribution >= 4 is 11.8 Å². The number of nitrogens with zero attached hydrogens (tertiary/aromatic N) is 2. The van der Waals surface area contributed by atoms with Gasteiger partial charge in [-0.05, 0) is 56.1 Å². The van der Waals surface area contributed by atoms with Crippen molar-refractivity contribution < 1.29 is 9.59 Å². The number of hydrogen-bond donors (Lipinski definition) is 0. The third kappa shape index (κ3) is 2.83. The van der Waals surface area contributed by atoms with Gasteiger partial charge in [-0.15, -0.1) is 0 Å². The highest BCUT2D eigenvalue weighted by Gasteiger charge is 2.42. The Hall–Kier alpha value is -1.84. The summed E-state index contributed by atoms with van der Waals surface area (Å²) in [6.45, 7) is 2.52. The van der Waals surface area contributed by atoms with E-state index in [1.165, 1.54) is 19.3 Å². The summed E-state index contributed by atoms with van der Waals surface area (Å²) in [5, 5.41) is 0. The molecule has 4 heteroatoms. The van der Waals surface area contributed by atoms with Crippen LogP contribution in [0.5, 0.6) is 0 Å². The van der Waals surface area contributed by atoms with Crippen molar-refractivity contribution in [3.05, 3.63) is 35.9 Å². The summed E-state index contributed by atoms with van der Waals surface area (Å²) in [7, 11) is 0. The van der Waals surface area contributed by atoms with Crippen LogP contribution in [-0.4, -0.2) is 47.3 Å². The lowest BCUT2D eigenvalue weighted by atomic mass is 9.99. The third-order valence-corrected chi connectivity index (χ3v) is 6.11. The zero-order valence-corrected chi connectivity index (χ0v) is 14.2. The van der Waals surface area contributed by atoms with Crippen molar-refractivity contribution in [1.29, 1.82) is 0 Å². The highest BCUT2D eigenvalue weighted by Crippen LogP contribution is 2.38. The van der Waals surface area contributed by atoms with Gasteiger partial charge in [0.25, 0.3) is 5.91 Å². The molecule has 0 unspecified atom stereocenters. The second-order valence-corrected chi connectivity index (χ2v) is 7.57. The van der Waals surface area contributed by atoms with Crippen LogP contribution in [0.1, 0.15) is 48.9 Å². The van der Waals surface area contributed by atoms with Crippen molar-refractivity contribution in [2.24, 2.45) is 11.8 Å². The first kappa shape index (κ1) is 15.7. The van der Waals surface area contributed by atoms with Crippen molar-refractivity contribution in [2.75, 3.05) is 19.6 Å². The molecule has 0 N–H and O–H groups in total. The van der Waals surface area contributed by atoms with Gasteiger partial charge in [0.1, 0.15) is 6.04 Å². The minimum atomic E-state index is -0.259. The van der Waals surface area contributed by atoms with Gasteiger partial charge in [-0.1, -0.05) is 24.6 Å². The van der Waals surface area contributed by atoms with Crippen LogP contribution < -0.4 is 0 Å². The number of likely N-dealkylation sites (tertiary alicyclic amines) is 2. The molecule has 3 atom stereocenters. The van der Waals surface area contributed by atoms with Gasteiger partial charge < -0.3 is 9.80 Å². The van der Waals surface area contributed by atoms with E-state index in [0.717, 1.165) is 32.4 Å². The molecule has 0 radical (unpaired) electrons. The fourth-order valence-corrected chi connectivity index (χ4v) is 4.80. The largest absolute Gasteiger partial charge is 0.340 e. The Morgan fingerprint density at radius 2 is 1.58 bits per heavy atom. The molecule has 24 heavy (non-hydrogen) atoms. The summed E-state index contributed by atoms with van der Waals surface area (Å²) in [6, 6.07) is 9.12. The Morgan fingerprint density at radius 1 is 0.875 bits per heavy atom. The fourth-order valence-electron chi connectivity index (χ4n) is 4.80.